The first kappa shape index (κ1) is 13.2. The molecule has 102 valence electrons. The van der Waals surface area contributed by atoms with Crippen LogP contribution in [0.5, 0.6) is 0 Å². The van der Waals surface area contributed by atoms with Crippen molar-refractivity contribution in [2.45, 2.75) is 19.4 Å². The van der Waals surface area contributed by atoms with E-state index in [0.29, 0.717) is 10.8 Å². The van der Waals surface area contributed by atoms with Gasteiger partial charge in [0.25, 0.3) is 0 Å². The van der Waals surface area contributed by atoms with Gasteiger partial charge in [0, 0.05) is 16.8 Å². The zero-order chi connectivity index (χ0) is 14.1. The molecule has 0 radical (unpaired) electrons. The highest BCUT2D eigenvalue weighted by atomic mass is 35.5. The summed E-state index contributed by atoms with van der Waals surface area (Å²) in [6, 6.07) is 15.2. The molecule has 1 heterocycles. The first-order valence-corrected chi connectivity index (χ1v) is 7.02. The van der Waals surface area contributed by atoms with Gasteiger partial charge in [-0.15, -0.1) is 0 Å². The number of aliphatic hydroxyl groups is 1. The van der Waals surface area contributed by atoms with Crippen molar-refractivity contribution in [3.8, 4) is 0 Å². The molecule has 0 bridgehead atoms. The van der Waals surface area contributed by atoms with Crippen LogP contribution in [0.25, 0.3) is 10.8 Å². The number of aliphatic hydroxyl groups excluding tert-OH is 1. The molecule has 0 aliphatic carbocycles. The van der Waals surface area contributed by atoms with Gasteiger partial charge in [0.15, 0.2) is 0 Å². The van der Waals surface area contributed by atoms with Crippen molar-refractivity contribution in [3.63, 3.8) is 0 Å². The summed E-state index contributed by atoms with van der Waals surface area (Å²) in [6.45, 7) is 2.02. The van der Waals surface area contributed by atoms with Gasteiger partial charge >= 0.3 is 0 Å². The van der Waals surface area contributed by atoms with E-state index in [1.807, 2.05) is 55.5 Å². The molecular formula is C17H15ClO2. The molecule has 2 nitrogen and oxygen atoms in total. The third-order valence-electron chi connectivity index (χ3n) is 3.50. The van der Waals surface area contributed by atoms with E-state index in [9.17, 15) is 5.11 Å². The van der Waals surface area contributed by atoms with Gasteiger partial charge in [-0.05, 0) is 29.1 Å². The Bertz CT molecular complexity index is 746. The number of rotatable bonds is 3. The fourth-order valence-electron chi connectivity index (χ4n) is 2.41. The van der Waals surface area contributed by atoms with E-state index < -0.39 is 6.10 Å². The predicted octanol–water partition coefficient (Wildman–Crippen LogP) is 4.73. The minimum atomic E-state index is -0.780. The van der Waals surface area contributed by atoms with E-state index in [-0.39, 0.29) is 0 Å². The van der Waals surface area contributed by atoms with E-state index in [4.69, 9.17) is 16.0 Å². The lowest BCUT2D eigenvalue weighted by atomic mass is 9.99. The maximum atomic E-state index is 10.6. The van der Waals surface area contributed by atoms with Gasteiger partial charge in [0.1, 0.15) is 17.6 Å². The number of furan rings is 1. The Kier molecular flexibility index (Phi) is 3.51. The molecule has 0 amide bonds. The standard InChI is InChI=1S/C17H15ClO2/c1-2-11-7-10-16(20-11)17(19)14-8-9-15(18)13-6-4-3-5-12(13)14/h3-10,17,19H,2H2,1H3. The lowest BCUT2D eigenvalue weighted by Gasteiger charge is -2.12. The summed E-state index contributed by atoms with van der Waals surface area (Å²) in [4.78, 5) is 0. The first-order chi connectivity index (χ1) is 9.70. The van der Waals surface area contributed by atoms with Crippen LogP contribution < -0.4 is 0 Å². The molecule has 0 spiro atoms. The van der Waals surface area contributed by atoms with E-state index in [1.165, 1.54) is 0 Å². The molecular weight excluding hydrogens is 272 g/mol. The van der Waals surface area contributed by atoms with Crippen LogP contribution in [0.15, 0.2) is 52.9 Å². The third kappa shape index (κ3) is 2.21. The van der Waals surface area contributed by atoms with Crippen molar-refractivity contribution in [1.29, 1.82) is 0 Å². The van der Waals surface area contributed by atoms with E-state index in [2.05, 4.69) is 0 Å². The summed E-state index contributed by atoms with van der Waals surface area (Å²) < 4.78 is 5.65. The molecule has 20 heavy (non-hydrogen) atoms. The second-order valence-electron chi connectivity index (χ2n) is 4.74. The van der Waals surface area contributed by atoms with Gasteiger partial charge in [-0.25, -0.2) is 0 Å². The van der Waals surface area contributed by atoms with Crippen LogP contribution in [-0.4, -0.2) is 5.11 Å². The van der Waals surface area contributed by atoms with Gasteiger partial charge in [-0.2, -0.15) is 0 Å². The van der Waals surface area contributed by atoms with Gasteiger partial charge < -0.3 is 9.52 Å². The zero-order valence-corrected chi connectivity index (χ0v) is 11.9. The number of halogens is 1. The average molecular weight is 287 g/mol. The van der Waals surface area contributed by atoms with Gasteiger partial charge in [0.05, 0.1) is 0 Å². The maximum Gasteiger partial charge on any atom is 0.137 e. The molecule has 1 N–H and O–H groups in total. The molecule has 1 atom stereocenters. The van der Waals surface area contributed by atoms with Crippen LogP contribution in [0, 0.1) is 0 Å². The lowest BCUT2D eigenvalue weighted by molar-refractivity contribution is 0.188. The van der Waals surface area contributed by atoms with Crippen LogP contribution in [0.4, 0.5) is 0 Å². The van der Waals surface area contributed by atoms with Crippen molar-refractivity contribution in [1.82, 2.24) is 0 Å². The Labute approximate surface area is 122 Å². The topological polar surface area (TPSA) is 33.4 Å². The van der Waals surface area contributed by atoms with Crippen LogP contribution in [0.2, 0.25) is 5.02 Å². The molecule has 0 aliphatic heterocycles. The van der Waals surface area contributed by atoms with Crippen LogP contribution in [-0.2, 0) is 6.42 Å². The van der Waals surface area contributed by atoms with Crippen molar-refractivity contribution in [2.24, 2.45) is 0 Å². The van der Waals surface area contributed by atoms with Crippen LogP contribution >= 0.6 is 11.6 Å². The highest BCUT2D eigenvalue weighted by Gasteiger charge is 2.17. The number of hydrogen-bond acceptors (Lipinski definition) is 2. The van der Waals surface area contributed by atoms with Gasteiger partial charge in [-0.1, -0.05) is 48.9 Å². The van der Waals surface area contributed by atoms with Crippen LogP contribution in [0.3, 0.4) is 0 Å². The van der Waals surface area contributed by atoms with E-state index in [0.717, 1.165) is 28.5 Å². The lowest BCUT2D eigenvalue weighted by Crippen LogP contribution is -1.99. The third-order valence-corrected chi connectivity index (χ3v) is 3.83. The van der Waals surface area contributed by atoms with E-state index in [1.54, 1.807) is 0 Å². The Morgan fingerprint density at radius 3 is 2.50 bits per heavy atom. The minimum Gasteiger partial charge on any atom is -0.463 e. The number of fused-ring (bicyclic) bond motifs is 1. The summed E-state index contributed by atoms with van der Waals surface area (Å²) in [5, 5.41) is 13.1. The zero-order valence-electron chi connectivity index (χ0n) is 11.1. The fourth-order valence-corrected chi connectivity index (χ4v) is 2.64. The quantitative estimate of drug-likeness (QED) is 0.755. The molecule has 3 aromatic rings. The molecule has 1 unspecified atom stereocenters. The molecule has 2 aromatic carbocycles. The van der Waals surface area contributed by atoms with Crippen molar-refractivity contribution < 1.29 is 9.52 Å². The van der Waals surface area contributed by atoms with Gasteiger partial charge in [-0.3, -0.25) is 0 Å². The Balaban J connectivity index is 2.12. The molecule has 0 fully saturated rings. The predicted molar refractivity (Wildman–Crippen MR) is 81.1 cm³/mol. The summed E-state index contributed by atoms with van der Waals surface area (Å²) >= 11 is 6.20. The Morgan fingerprint density at radius 2 is 1.80 bits per heavy atom. The molecule has 3 rings (SSSR count). The SMILES string of the molecule is CCc1ccc(C(O)c2ccc(Cl)c3ccccc23)o1. The second-order valence-corrected chi connectivity index (χ2v) is 5.15. The summed E-state index contributed by atoms with van der Waals surface area (Å²) in [5.41, 5.74) is 0.807. The largest absolute Gasteiger partial charge is 0.463 e. The maximum absolute atomic E-state index is 10.6. The van der Waals surface area contributed by atoms with Crippen molar-refractivity contribution in [2.75, 3.05) is 0 Å². The smallest absolute Gasteiger partial charge is 0.137 e. The van der Waals surface area contributed by atoms with Crippen LogP contribution in [0.1, 0.15) is 30.1 Å². The van der Waals surface area contributed by atoms with Crippen molar-refractivity contribution in [3.05, 3.63) is 70.6 Å². The molecule has 1 aromatic heterocycles. The molecule has 3 heteroatoms. The van der Waals surface area contributed by atoms with E-state index >= 15 is 0 Å². The Hall–Kier alpha value is -1.77. The summed E-state index contributed by atoms with van der Waals surface area (Å²) in [6.07, 6.45) is 0.0335. The normalized spacial score (nSPS) is 12.8. The fraction of sp³-hybridized carbons (Fsp3) is 0.176. The van der Waals surface area contributed by atoms with Crippen molar-refractivity contribution >= 4 is 22.4 Å². The second kappa shape index (κ2) is 5.31. The average Bonchev–Trinajstić information content (AvgIpc) is 2.96. The highest BCUT2D eigenvalue weighted by molar-refractivity contribution is 6.35. The number of benzene rings is 2. The summed E-state index contributed by atoms with van der Waals surface area (Å²) in [7, 11) is 0. The Morgan fingerprint density at radius 1 is 1.05 bits per heavy atom. The number of hydrogen-bond donors (Lipinski definition) is 1. The number of aryl methyl sites for hydroxylation is 1. The first-order valence-electron chi connectivity index (χ1n) is 6.64. The highest BCUT2D eigenvalue weighted by Crippen LogP contribution is 2.33. The van der Waals surface area contributed by atoms with Gasteiger partial charge in [0.2, 0.25) is 0 Å². The molecule has 0 saturated carbocycles. The molecule has 0 saturated heterocycles. The minimum absolute atomic E-state index is 0.564. The monoisotopic (exact) mass is 286 g/mol. The molecule has 0 aliphatic rings. The summed E-state index contributed by atoms with van der Waals surface area (Å²) in [5.74, 6) is 1.44.